The lowest BCUT2D eigenvalue weighted by molar-refractivity contribution is -0.146. The summed E-state index contributed by atoms with van der Waals surface area (Å²) in [5, 5.41) is 10.2. The number of aromatic nitrogens is 4. The summed E-state index contributed by atoms with van der Waals surface area (Å²) in [4.78, 5) is 5.09. The summed E-state index contributed by atoms with van der Waals surface area (Å²) in [6.07, 6.45) is -2.43. The number of halogens is 5. The Morgan fingerprint density at radius 2 is 1.60 bits per heavy atom. The fourth-order valence-electron chi connectivity index (χ4n) is 6.59. The lowest BCUT2D eigenvalue weighted by Crippen LogP contribution is -2.57. The molecule has 242 valence electrons. The molecule has 1 unspecified atom stereocenters. The minimum Gasteiger partial charge on any atom is -0.491 e. The van der Waals surface area contributed by atoms with Gasteiger partial charge in [0.05, 0.1) is 12.3 Å². The standard InChI is InChI=1S/C32H35F3N6O2.2ClH/c1-42-17-18-43-29-15-14-26(41-31(32(33,34)35)36-37-38-41)19-25(29)20-39-21-27-13-8-16-40(27)28(22-39)30(23-9-4-2-5-10-23)24-11-6-3-7-12-24;;/h2-7,9-12,14-15,19,27-28,30H,8,13,16-18,20-22H2,1H3;2*1H/t27-,28?;;/m0../s1. The highest BCUT2D eigenvalue weighted by Gasteiger charge is 2.42. The Labute approximate surface area is 273 Å². The molecule has 2 atom stereocenters. The van der Waals surface area contributed by atoms with Crippen LogP contribution in [-0.2, 0) is 17.5 Å². The van der Waals surface area contributed by atoms with Gasteiger partial charge in [-0.3, -0.25) is 9.80 Å². The molecule has 0 aliphatic carbocycles. The van der Waals surface area contributed by atoms with E-state index in [1.165, 1.54) is 11.1 Å². The summed E-state index contributed by atoms with van der Waals surface area (Å²) in [5.74, 6) is -0.389. The molecule has 0 bridgehead atoms. The Hall–Kier alpha value is -3.22. The number of hydrogen-bond donors (Lipinski definition) is 0. The maximum Gasteiger partial charge on any atom is 0.453 e. The van der Waals surface area contributed by atoms with E-state index in [9.17, 15) is 13.2 Å². The first-order chi connectivity index (χ1) is 20.9. The van der Waals surface area contributed by atoms with Crippen LogP contribution in [0.25, 0.3) is 5.69 Å². The van der Waals surface area contributed by atoms with E-state index in [0.29, 0.717) is 31.5 Å². The summed E-state index contributed by atoms with van der Waals surface area (Å²) < 4.78 is 52.8. The number of benzene rings is 3. The number of fused-ring (bicyclic) bond motifs is 1. The smallest absolute Gasteiger partial charge is 0.453 e. The molecule has 2 saturated heterocycles. The Bertz CT molecular complexity index is 1460. The largest absolute Gasteiger partial charge is 0.491 e. The van der Waals surface area contributed by atoms with Crippen LogP contribution in [0.5, 0.6) is 5.75 Å². The van der Waals surface area contributed by atoms with Gasteiger partial charge in [0.15, 0.2) is 0 Å². The predicted molar refractivity (Wildman–Crippen MR) is 170 cm³/mol. The molecule has 0 amide bonds. The Kier molecular flexibility index (Phi) is 11.8. The van der Waals surface area contributed by atoms with Crippen molar-refractivity contribution in [1.82, 2.24) is 30.0 Å². The first-order valence-corrected chi connectivity index (χ1v) is 14.6. The SMILES string of the molecule is COCCOc1ccc(-n2nnnc2C(F)(F)F)cc1CN1CC(C(c2ccccc2)c2ccccc2)N2CCC[C@H]2C1.Cl.Cl. The Morgan fingerprint density at radius 1 is 0.911 bits per heavy atom. The van der Waals surface area contributed by atoms with E-state index < -0.39 is 12.0 Å². The van der Waals surface area contributed by atoms with Crippen LogP contribution < -0.4 is 4.74 Å². The zero-order chi connectivity index (χ0) is 29.8. The highest BCUT2D eigenvalue weighted by Crippen LogP contribution is 2.38. The van der Waals surface area contributed by atoms with E-state index >= 15 is 0 Å². The zero-order valence-electron chi connectivity index (χ0n) is 24.8. The molecule has 1 aromatic heterocycles. The normalized spacial score (nSPS) is 18.7. The number of nitrogens with zero attached hydrogens (tertiary/aromatic N) is 6. The molecule has 2 aliphatic rings. The van der Waals surface area contributed by atoms with E-state index in [4.69, 9.17) is 9.47 Å². The molecule has 4 aromatic rings. The van der Waals surface area contributed by atoms with E-state index in [1.54, 1.807) is 25.3 Å². The highest BCUT2D eigenvalue weighted by molar-refractivity contribution is 5.85. The van der Waals surface area contributed by atoms with Gasteiger partial charge in [-0.2, -0.15) is 17.9 Å². The van der Waals surface area contributed by atoms with E-state index in [0.717, 1.165) is 42.7 Å². The van der Waals surface area contributed by atoms with Crippen molar-refractivity contribution < 1.29 is 22.6 Å². The van der Waals surface area contributed by atoms with Crippen molar-refractivity contribution in [3.63, 3.8) is 0 Å². The third kappa shape index (κ3) is 7.78. The van der Waals surface area contributed by atoms with Gasteiger partial charge in [-0.05, 0) is 59.1 Å². The molecule has 0 saturated carbocycles. The fraction of sp³-hybridized carbons (Fsp3) is 0.406. The molecule has 0 spiro atoms. The minimum atomic E-state index is -4.69. The van der Waals surface area contributed by atoms with Crippen molar-refractivity contribution in [2.45, 2.75) is 43.6 Å². The second kappa shape index (κ2) is 15.4. The summed E-state index contributed by atoms with van der Waals surface area (Å²) in [7, 11) is 1.60. The predicted octanol–water partition coefficient (Wildman–Crippen LogP) is 6.03. The van der Waals surface area contributed by atoms with E-state index in [1.807, 2.05) is 12.1 Å². The van der Waals surface area contributed by atoms with Gasteiger partial charge in [0.25, 0.3) is 5.82 Å². The van der Waals surface area contributed by atoms with Crippen molar-refractivity contribution in [3.8, 4) is 11.4 Å². The van der Waals surface area contributed by atoms with Crippen LogP contribution in [0.4, 0.5) is 13.2 Å². The Morgan fingerprint density at radius 3 is 2.24 bits per heavy atom. The number of tetrazole rings is 1. The number of hydrogen-bond acceptors (Lipinski definition) is 7. The molecule has 3 aromatic carbocycles. The van der Waals surface area contributed by atoms with Crippen molar-refractivity contribution in [3.05, 3.63) is 101 Å². The van der Waals surface area contributed by atoms with Crippen LogP contribution >= 0.6 is 24.8 Å². The first-order valence-electron chi connectivity index (χ1n) is 14.6. The fourth-order valence-corrected chi connectivity index (χ4v) is 6.59. The lowest BCUT2D eigenvalue weighted by Gasteiger charge is -2.47. The van der Waals surface area contributed by atoms with Crippen LogP contribution in [0.2, 0.25) is 0 Å². The molecule has 13 heteroatoms. The quantitative estimate of drug-likeness (QED) is 0.192. The third-order valence-corrected chi connectivity index (χ3v) is 8.42. The second-order valence-electron chi connectivity index (χ2n) is 11.1. The number of piperazine rings is 1. The molecular formula is C32H37Cl2F3N6O2. The van der Waals surface area contributed by atoms with Gasteiger partial charge >= 0.3 is 6.18 Å². The number of methoxy groups -OCH3 is 1. The van der Waals surface area contributed by atoms with Crippen molar-refractivity contribution in [2.24, 2.45) is 0 Å². The second-order valence-corrected chi connectivity index (χ2v) is 11.1. The summed E-state index contributed by atoms with van der Waals surface area (Å²) in [6, 6.07) is 26.9. The van der Waals surface area contributed by atoms with Crippen LogP contribution in [-0.4, -0.2) is 82.0 Å². The molecule has 45 heavy (non-hydrogen) atoms. The van der Waals surface area contributed by atoms with E-state index in [-0.39, 0.29) is 42.5 Å². The lowest BCUT2D eigenvalue weighted by atomic mass is 9.82. The van der Waals surface area contributed by atoms with Crippen LogP contribution in [0.1, 0.15) is 41.3 Å². The summed E-state index contributed by atoms with van der Waals surface area (Å²) in [5.41, 5.74) is 3.55. The molecule has 0 radical (unpaired) electrons. The van der Waals surface area contributed by atoms with Gasteiger partial charge in [-0.25, -0.2) is 0 Å². The van der Waals surface area contributed by atoms with Crippen molar-refractivity contribution in [2.75, 3.05) is 40.0 Å². The maximum atomic E-state index is 13.6. The van der Waals surface area contributed by atoms with Crippen LogP contribution in [0.3, 0.4) is 0 Å². The molecule has 2 fully saturated rings. The van der Waals surface area contributed by atoms with Crippen molar-refractivity contribution >= 4 is 24.8 Å². The van der Waals surface area contributed by atoms with Gasteiger partial charge < -0.3 is 9.47 Å². The minimum absolute atomic E-state index is 0. The number of rotatable bonds is 10. The highest BCUT2D eigenvalue weighted by atomic mass is 35.5. The topological polar surface area (TPSA) is 68.5 Å². The zero-order valence-corrected chi connectivity index (χ0v) is 26.5. The van der Waals surface area contributed by atoms with Gasteiger partial charge in [0, 0.05) is 50.3 Å². The first kappa shape index (κ1) is 34.6. The molecule has 0 N–H and O–H groups in total. The molecule has 6 rings (SSSR count). The van der Waals surface area contributed by atoms with Gasteiger partial charge in [0.1, 0.15) is 12.4 Å². The molecular weight excluding hydrogens is 628 g/mol. The maximum absolute atomic E-state index is 13.6. The number of alkyl halides is 3. The number of ether oxygens (including phenoxy) is 2. The third-order valence-electron chi connectivity index (χ3n) is 8.42. The van der Waals surface area contributed by atoms with Crippen molar-refractivity contribution in [1.29, 1.82) is 0 Å². The summed E-state index contributed by atoms with van der Waals surface area (Å²) in [6.45, 7) is 3.95. The monoisotopic (exact) mass is 664 g/mol. The Balaban J connectivity index is 0.00000230. The van der Waals surface area contributed by atoms with Gasteiger partial charge in [-0.1, -0.05) is 60.7 Å². The van der Waals surface area contributed by atoms with Crippen LogP contribution in [0.15, 0.2) is 78.9 Å². The molecule has 3 heterocycles. The summed E-state index contributed by atoms with van der Waals surface area (Å²) >= 11 is 0. The van der Waals surface area contributed by atoms with Crippen LogP contribution in [0, 0.1) is 0 Å². The van der Waals surface area contributed by atoms with E-state index in [2.05, 4.69) is 73.9 Å². The average Bonchev–Trinajstić information content (AvgIpc) is 3.70. The van der Waals surface area contributed by atoms with Gasteiger partial charge in [0.2, 0.25) is 0 Å². The van der Waals surface area contributed by atoms with Gasteiger partial charge in [-0.15, -0.1) is 29.9 Å². The molecule has 2 aliphatic heterocycles. The molecule has 8 nitrogen and oxygen atoms in total. The average molecular weight is 666 g/mol.